The summed E-state index contributed by atoms with van der Waals surface area (Å²) < 4.78 is 52.7. The number of carbonyl (C=O) groups is 4. The Kier molecular flexibility index (Phi) is 25.3. The number of amides is 4. The first-order chi connectivity index (χ1) is 37.0. The van der Waals surface area contributed by atoms with Crippen molar-refractivity contribution in [2.24, 2.45) is 5.92 Å². The lowest BCUT2D eigenvalue weighted by Crippen LogP contribution is -2.47. The van der Waals surface area contributed by atoms with Crippen molar-refractivity contribution in [3.63, 3.8) is 0 Å². The van der Waals surface area contributed by atoms with Crippen molar-refractivity contribution >= 4 is 58.2 Å². The molecule has 0 saturated carbocycles. The van der Waals surface area contributed by atoms with Gasteiger partial charge in [0.05, 0.1) is 65.3 Å². The molecule has 0 aliphatic carbocycles. The fourth-order valence-electron chi connectivity index (χ4n) is 8.66. The average Bonchev–Trinajstić information content (AvgIpc) is 4.07. The Labute approximate surface area is 453 Å². The standard InChI is InChI=1S/C32H41F3N6O4.C12H12N2OS.C7H12N2O3.C4H10/c1-2-16-43-18-19-44-17-15-39-11-13-40(14-12-39)24-3-5-27-29(20-24)37-22-38-30(27)23-7-9-41(10-8-23)31(42)26-6-4-25(21-28(26)36)45-32(33,34)35;1-9-12(16-8-14-9)11-4-2-10(3-5-11)6-13-7-15;10-5-8-3-7(12)9-2-1-6(11)4-9;1-4(2)3/h3-6,20-23H,2,7-19,36H2,1H3;2-5,7-8H,6H2,1H3,(H,13,15);5-6,11H,1-4H2,(H,8,10);4H,1-3H3. The van der Waals surface area contributed by atoms with Gasteiger partial charge in [-0.2, -0.15) is 0 Å². The van der Waals surface area contributed by atoms with Crippen LogP contribution in [-0.4, -0.2) is 164 Å². The molecule has 0 bridgehead atoms. The lowest BCUT2D eigenvalue weighted by Gasteiger charge is -2.36. The molecule has 1 atom stereocenters. The molecule has 0 radical (unpaired) electrons. The summed E-state index contributed by atoms with van der Waals surface area (Å²) in [5.74, 6) is 0.0701. The summed E-state index contributed by atoms with van der Waals surface area (Å²) in [6.07, 6.45) is 0.631. The number of nitrogens with zero attached hydrogens (tertiary/aromatic N) is 7. The van der Waals surface area contributed by atoms with Crippen molar-refractivity contribution in [3.05, 3.63) is 95.0 Å². The van der Waals surface area contributed by atoms with Crippen molar-refractivity contribution < 1.29 is 51.7 Å². The van der Waals surface area contributed by atoms with E-state index in [1.807, 2.05) is 24.6 Å². The number of piperazine rings is 1. The summed E-state index contributed by atoms with van der Waals surface area (Å²) in [5, 5.41) is 15.0. The number of β-amino-alcohol motifs (C(OH)–C–C–N with tert-alkyl or cyclic N) is 1. The monoisotopic (exact) mass is 1090 g/mol. The van der Waals surface area contributed by atoms with E-state index in [1.165, 1.54) is 16.5 Å². The number of hydrogen-bond acceptors (Lipinski definition) is 15. The van der Waals surface area contributed by atoms with Crippen molar-refractivity contribution in [3.8, 4) is 16.2 Å². The van der Waals surface area contributed by atoms with Gasteiger partial charge < -0.3 is 50.4 Å². The zero-order chi connectivity index (χ0) is 55.7. The molecule has 77 heavy (non-hydrogen) atoms. The molecule has 22 heteroatoms. The van der Waals surface area contributed by atoms with E-state index in [4.69, 9.17) is 20.3 Å². The van der Waals surface area contributed by atoms with Crippen LogP contribution in [0.2, 0.25) is 0 Å². The molecule has 4 amide bonds. The molecule has 3 fully saturated rings. The molecule has 5 N–H and O–H groups in total. The number of nitrogens with one attached hydrogen (secondary N) is 2. The average molecular weight is 1090 g/mol. The summed E-state index contributed by atoms with van der Waals surface area (Å²) in [4.78, 5) is 67.0. The van der Waals surface area contributed by atoms with Crippen LogP contribution in [0, 0.1) is 12.8 Å². The maximum absolute atomic E-state index is 13.1. The number of fused-ring (bicyclic) bond motifs is 1. The van der Waals surface area contributed by atoms with Crippen LogP contribution in [0.3, 0.4) is 0 Å². The molecule has 3 aliphatic heterocycles. The molecule has 3 saturated heterocycles. The Hall–Kier alpha value is -6.46. The molecule has 0 spiro atoms. The third kappa shape index (κ3) is 20.5. The Morgan fingerprint density at radius 1 is 0.844 bits per heavy atom. The number of alkyl halides is 3. The highest BCUT2D eigenvalue weighted by Gasteiger charge is 2.32. The van der Waals surface area contributed by atoms with Crippen LogP contribution < -0.4 is 26.0 Å². The quantitative estimate of drug-likeness (QED) is 0.0370. The highest BCUT2D eigenvalue weighted by molar-refractivity contribution is 7.13. The van der Waals surface area contributed by atoms with Gasteiger partial charge >= 0.3 is 6.36 Å². The number of aromatic nitrogens is 3. The number of ether oxygens (including phenoxy) is 3. The third-order valence-electron chi connectivity index (χ3n) is 12.5. The van der Waals surface area contributed by atoms with Gasteiger partial charge in [-0.1, -0.05) is 52.0 Å². The summed E-state index contributed by atoms with van der Waals surface area (Å²) >= 11 is 1.64. The van der Waals surface area contributed by atoms with Gasteiger partial charge in [-0.3, -0.25) is 24.1 Å². The maximum atomic E-state index is 13.1. The number of hydrogen-bond donors (Lipinski definition) is 4. The maximum Gasteiger partial charge on any atom is 0.573 e. The molecule has 5 aromatic rings. The number of aliphatic hydroxyl groups excluding tert-OH is 1. The van der Waals surface area contributed by atoms with E-state index >= 15 is 0 Å². The Balaban J connectivity index is 0.000000275. The number of nitrogen functional groups attached to an aromatic ring is 1. The molecule has 420 valence electrons. The van der Waals surface area contributed by atoms with Gasteiger partial charge in [0.1, 0.15) is 12.1 Å². The zero-order valence-corrected chi connectivity index (χ0v) is 45.6. The first kappa shape index (κ1) is 61.4. The van der Waals surface area contributed by atoms with Gasteiger partial charge in [0.15, 0.2) is 0 Å². The molecular weight excluding hydrogens is 1020 g/mol. The molecule has 18 nitrogen and oxygen atoms in total. The highest BCUT2D eigenvalue weighted by atomic mass is 32.1. The van der Waals surface area contributed by atoms with E-state index in [0.717, 1.165) is 97.3 Å². The minimum atomic E-state index is -4.83. The second-order valence-corrected chi connectivity index (χ2v) is 20.2. The second kappa shape index (κ2) is 31.7. The predicted octanol–water partition coefficient (Wildman–Crippen LogP) is 7.05. The number of rotatable bonds is 19. The van der Waals surface area contributed by atoms with Gasteiger partial charge in [0, 0.05) is 101 Å². The van der Waals surface area contributed by atoms with E-state index in [-0.39, 0.29) is 35.5 Å². The number of halogens is 3. The Morgan fingerprint density at radius 2 is 1.52 bits per heavy atom. The van der Waals surface area contributed by atoms with Crippen LogP contribution in [0.1, 0.15) is 86.6 Å². The normalized spacial score (nSPS) is 15.9. The first-order valence-electron chi connectivity index (χ1n) is 26.1. The largest absolute Gasteiger partial charge is 0.573 e. The number of thiazole rings is 1. The number of nitrogens with two attached hydrogens (primary N) is 1. The number of benzene rings is 3. The number of piperidine rings is 1. The van der Waals surface area contributed by atoms with Crippen LogP contribution in [0.15, 0.2) is 72.5 Å². The first-order valence-corrected chi connectivity index (χ1v) is 27.0. The van der Waals surface area contributed by atoms with Crippen LogP contribution in [0.4, 0.5) is 24.5 Å². The van der Waals surface area contributed by atoms with Crippen LogP contribution in [-0.2, 0) is 30.4 Å². The van der Waals surface area contributed by atoms with E-state index < -0.39 is 18.2 Å². The number of aliphatic hydroxyl groups is 1. The van der Waals surface area contributed by atoms with Crippen LogP contribution in [0.25, 0.3) is 21.3 Å². The van der Waals surface area contributed by atoms with Crippen LogP contribution in [0.5, 0.6) is 5.75 Å². The summed E-state index contributed by atoms with van der Waals surface area (Å²) in [7, 11) is 0. The topological polar surface area (TPSA) is 218 Å². The van der Waals surface area contributed by atoms with E-state index in [9.17, 15) is 32.3 Å². The number of anilines is 2. The van der Waals surface area contributed by atoms with E-state index in [0.29, 0.717) is 84.6 Å². The predicted molar refractivity (Wildman–Crippen MR) is 293 cm³/mol. The minimum absolute atomic E-state index is 0.0240. The summed E-state index contributed by atoms with van der Waals surface area (Å²) in [5.41, 5.74) is 14.2. The third-order valence-corrected chi connectivity index (χ3v) is 13.5. The molecule has 2 aromatic heterocycles. The van der Waals surface area contributed by atoms with Crippen LogP contribution >= 0.6 is 11.3 Å². The summed E-state index contributed by atoms with van der Waals surface area (Å²) in [6, 6.07) is 17.9. The Morgan fingerprint density at radius 3 is 2.12 bits per heavy atom. The van der Waals surface area contributed by atoms with Crippen molar-refractivity contribution in [1.29, 1.82) is 0 Å². The minimum Gasteiger partial charge on any atom is -0.406 e. The van der Waals surface area contributed by atoms with Gasteiger partial charge in [-0.05, 0) is 80.0 Å². The number of carbonyl (C=O) groups excluding carboxylic acids is 4. The molecule has 8 rings (SSSR count). The molecule has 3 aliphatic rings. The van der Waals surface area contributed by atoms with Crippen molar-refractivity contribution in [2.75, 3.05) is 103 Å². The summed E-state index contributed by atoms with van der Waals surface area (Å²) in [6.45, 7) is 20.6. The smallest absolute Gasteiger partial charge is 0.406 e. The lowest BCUT2D eigenvalue weighted by molar-refractivity contribution is -0.274. The number of aryl methyl sites for hydroxylation is 1. The van der Waals surface area contributed by atoms with Crippen molar-refractivity contribution in [1.82, 2.24) is 40.3 Å². The van der Waals surface area contributed by atoms with E-state index in [2.05, 4.69) is 98.1 Å². The van der Waals surface area contributed by atoms with Gasteiger partial charge in [-0.25, -0.2) is 15.0 Å². The van der Waals surface area contributed by atoms with Gasteiger partial charge in [-0.15, -0.1) is 24.5 Å². The van der Waals surface area contributed by atoms with Crippen molar-refractivity contribution in [2.45, 2.75) is 85.2 Å². The van der Waals surface area contributed by atoms with Gasteiger partial charge in [0.25, 0.3) is 5.91 Å². The molecule has 3 aromatic carbocycles. The fourth-order valence-corrected chi connectivity index (χ4v) is 9.47. The second-order valence-electron chi connectivity index (χ2n) is 19.4. The zero-order valence-electron chi connectivity index (χ0n) is 44.8. The fraction of sp³-hybridized carbons (Fsp3) is 0.509. The molecule has 1 unspecified atom stereocenters. The van der Waals surface area contributed by atoms with E-state index in [1.54, 1.807) is 27.5 Å². The lowest BCUT2D eigenvalue weighted by atomic mass is 9.90. The molecule has 5 heterocycles. The molecular formula is C55H75F3N10O8S. The number of likely N-dealkylation sites (tertiary alicyclic amines) is 2. The highest BCUT2D eigenvalue weighted by Crippen LogP contribution is 2.34. The SMILES string of the molecule is CC(C)C.CCCOCCOCCN1CCN(c2ccc3c(C4CCN(C(=O)c5ccc(OC(F)(F)F)cc5N)CC4)ncnc3c2)CC1.Cc1ncsc1-c1ccc(CNC=O)cc1.O=CNCC(=O)N1CCC(O)C1. The van der Waals surface area contributed by atoms with Gasteiger partial charge in [0.2, 0.25) is 18.7 Å². The Bertz CT molecular complexity index is 2590.